The summed E-state index contributed by atoms with van der Waals surface area (Å²) < 4.78 is 11.7. The molecule has 0 unspecified atom stereocenters. The van der Waals surface area contributed by atoms with Crippen LogP contribution < -0.4 is 14.8 Å². The molecule has 2 aromatic carbocycles. The van der Waals surface area contributed by atoms with Crippen LogP contribution in [0.1, 0.15) is 49.2 Å². The second-order valence-corrected chi connectivity index (χ2v) is 8.71. The molecule has 2 amide bonds. The normalized spacial score (nSPS) is 14.4. The summed E-state index contributed by atoms with van der Waals surface area (Å²) in [5.41, 5.74) is 3.52. The Morgan fingerprint density at radius 1 is 1.16 bits per heavy atom. The molecule has 0 radical (unpaired) electrons. The van der Waals surface area contributed by atoms with E-state index >= 15 is 0 Å². The predicted molar refractivity (Wildman–Crippen MR) is 130 cm³/mol. The van der Waals surface area contributed by atoms with Gasteiger partial charge in [0.25, 0.3) is 5.91 Å². The Labute approximate surface area is 194 Å². The molecule has 0 saturated heterocycles. The average Bonchev–Trinajstić information content (AvgIpc) is 3.14. The van der Waals surface area contributed by atoms with Gasteiger partial charge in [-0.3, -0.25) is 9.59 Å². The number of thioether (sulfide) groups is 1. The Morgan fingerprint density at radius 3 is 2.53 bits per heavy atom. The topological polar surface area (TPSA) is 67.9 Å². The van der Waals surface area contributed by atoms with Crippen LogP contribution in [0, 0.1) is 0 Å². The highest BCUT2D eigenvalue weighted by Crippen LogP contribution is 2.36. The van der Waals surface area contributed by atoms with Gasteiger partial charge in [-0.1, -0.05) is 0 Å². The van der Waals surface area contributed by atoms with E-state index in [0.29, 0.717) is 42.5 Å². The molecule has 6 nitrogen and oxygen atoms in total. The van der Waals surface area contributed by atoms with Gasteiger partial charge in [-0.25, -0.2) is 0 Å². The van der Waals surface area contributed by atoms with Crippen molar-refractivity contribution in [2.75, 3.05) is 30.8 Å². The van der Waals surface area contributed by atoms with E-state index in [2.05, 4.69) is 18.3 Å². The summed E-state index contributed by atoms with van der Waals surface area (Å²) in [5, 5.41) is 2.90. The van der Waals surface area contributed by atoms with Crippen molar-refractivity contribution in [3.63, 3.8) is 0 Å². The molecule has 172 valence electrons. The van der Waals surface area contributed by atoms with Crippen molar-refractivity contribution >= 4 is 29.3 Å². The van der Waals surface area contributed by atoms with Crippen molar-refractivity contribution in [3.05, 3.63) is 53.1 Å². The molecule has 1 aliphatic heterocycles. The summed E-state index contributed by atoms with van der Waals surface area (Å²) in [6, 6.07) is 11.2. The maximum absolute atomic E-state index is 12.4. The monoisotopic (exact) mass is 456 g/mol. The molecule has 3 rings (SSSR count). The number of hydrogen-bond donors (Lipinski definition) is 1. The van der Waals surface area contributed by atoms with Crippen LogP contribution in [-0.4, -0.2) is 48.3 Å². The molecule has 0 bridgehead atoms. The minimum absolute atomic E-state index is 0.00116. The van der Waals surface area contributed by atoms with E-state index in [1.165, 1.54) is 17.3 Å². The lowest BCUT2D eigenvalue weighted by atomic mass is 10.1. The number of carbonyl (C=O) groups is 2. The lowest BCUT2D eigenvalue weighted by molar-refractivity contribution is -0.113. The van der Waals surface area contributed by atoms with Gasteiger partial charge in [-0.2, -0.15) is 0 Å². The van der Waals surface area contributed by atoms with Crippen molar-refractivity contribution in [2.24, 2.45) is 0 Å². The number of amides is 2. The fraction of sp³-hybridized carbons (Fsp3) is 0.440. The molecule has 0 aromatic heterocycles. The summed E-state index contributed by atoms with van der Waals surface area (Å²) in [7, 11) is 0. The van der Waals surface area contributed by atoms with E-state index in [9.17, 15) is 9.59 Å². The van der Waals surface area contributed by atoms with Crippen LogP contribution in [0.25, 0.3) is 0 Å². The Bertz CT molecular complexity index is 942. The Hall–Kier alpha value is -2.67. The average molecular weight is 457 g/mol. The van der Waals surface area contributed by atoms with E-state index in [4.69, 9.17) is 9.47 Å². The molecule has 0 aliphatic carbocycles. The Kier molecular flexibility index (Phi) is 8.45. The van der Waals surface area contributed by atoms with Gasteiger partial charge < -0.3 is 19.7 Å². The summed E-state index contributed by atoms with van der Waals surface area (Å²) in [6.07, 6.45) is 1.08. The van der Waals surface area contributed by atoms with E-state index in [-0.39, 0.29) is 17.9 Å². The van der Waals surface area contributed by atoms with Crippen LogP contribution in [-0.2, 0) is 17.0 Å². The second kappa shape index (κ2) is 11.3. The third kappa shape index (κ3) is 5.97. The highest BCUT2D eigenvalue weighted by molar-refractivity contribution is 7.99. The number of hydrogen-bond acceptors (Lipinski definition) is 5. The van der Waals surface area contributed by atoms with Gasteiger partial charge in [0.15, 0.2) is 0 Å². The molecule has 7 heteroatoms. The number of rotatable bonds is 10. The van der Waals surface area contributed by atoms with Crippen LogP contribution >= 0.6 is 11.8 Å². The van der Waals surface area contributed by atoms with Gasteiger partial charge in [0.2, 0.25) is 5.91 Å². The SMILES string of the molecule is CCOc1cc2c(cc1CSCC(=O)Nc1ccc(C(=O)N(CC)CC)cc1)O[C@H](C)C2. The van der Waals surface area contributed by atoms with Crippen LogP contribution in [0.5, 0.6) is 11.5 Å². The molecular weight excluding hydrogens is 424 g/mol. The van der Waals surface area contributed by atoms with Crippen molar-refractivity contribution < 1.29 is 19.1 Å². The minimum Gasteiger partial charge on any atom is -0.494 e. The van der Waals surface area contributed by atoms with Crippen molar-refractivity contribution in [1.29, 1.82) is 0 Å². The maximum Gasteiger partial charge on any atom is 0.253 e. The number of nitrogens with zero attached hydrogens (tertiary/aromatic N) is 1. The zero-order valence-corrected chi connectivity index (χ0v) is 20.1. The van der Waals surface area contributed by atoms with Gasteiger partial charge in [0.05, 0.1) is 12.4 Å². The molecule has 1 aliphatic rings. The van der Waals surface area contributed by atoms with Gasteiger partial charge in [-0.15, -0.1) is 11.8 Å². The standard InChI is InChI=1S/C25H32N2O4S/c1-5-27(6-2)25(29)18-8-10-21(11-9-18)26-24(28)16-32-15-20-14-23-19(12-17(4)31-23)13-22(20)30-7-3/h8-11,13-14,17H,5-7,12,15-16H2,1-4H3,(H,26,28)/t17-/m1/s1. The summed E-state index contributed by atoms with van der Waals surface area (Å²) in [5.74, 6) is 2.68. The predicted octanol–water partition coefficient (Wildman–Crippen LogP) is 4.76. The fourth-order valence-electron chi connectivity index (χ4n) is 3.72. The van der Waals surface area contributed by atoms with Gasteiger partial charge in [0.1, 0.15) is 17.6 Å². The summed E-state index contributed by atoms with van der Waals surface area (Å²) in [4.78, 5) is 26.6. The zero-order valence-electron chi connectivity index (χ0n) is 19.3. The molecule has 1 N–H and O–H groups in total. The van der Waals surface area contributed by atoms with E-state index in [1.807, 2.05) is 26.8 Å². The maximum atomic E-state index is 12.4. The minimum atomic E-state index is -0.0817. The van der Waals surface area contributed by atoms with Gasteiger partial charge in [0, 0.05) is 47.6 Å². The number of carbonyl (C=O) groups excluding carboxylic acids is 2. The van der Waals surface area contributed by atoms with E-state index in [0.717, 1.165) is 23.5 Å². The molecular formula is C25H32N2O4S. The molecule has 0 saturated carbocycles. The fourth-order valence-corrected chi connectivity index (χ4v) is 4.53. The van der Waals surface area contributed by atoms with Crippen molar-refractivity contribution in [1.82, 2.24) is 4.90 Å². The number of fused-ring (bicyclic) bond motifs is 1. The van der Waals surface area contributed by atoms with Crippen LogP contribution in [0.3, 0.4) is 0 Å². The molecule has 0 fully saturated rings. The molecule has 32 heavy (non-hydrogen) atoms. The zero-order chi connectivity index (χ0) is 23.1. The highest BCUT2D eigenvalue weighted by atomic mass is 32.2. The molecule has 1 atom stereocenters. The first kappa shape index (κ1) is 24.0. The molecule has 1 heterocycles. The smallest absolute Gasteiger partial charge is 0.253 e. The second-order valence-electron chi connectivity index (χ2n) is 7.73. The van der Waals surface area contributed by atoms with E-state index < -0.39 is 0 Å². The summed E-state index contributed by atoms with van der Waals surface area (Å²) >= 11 is 1.53. The quantitative estimate of drug-likeness (QED) is 0.558. The number of ether oxygens (including phenoxy) is 2. The molecule has 0 spiro atoms. The number of nitrogens with one attached hydrogen (secondary N) is 1. The summed E-state index contributed by atoms with van der Waals surface area (Å²) in [6.45, 7) is 9.89. The van der Waals surface area contributed by atoms with Crippen molar-refractivity contribution in [3.8, 4) is 11.5 Å². The third-order valence-electron chi connectivity index (χ3n) is 5.34. The first-order chi connectivity index (χ1) is 15.4. The lowest BCUT2D eigenvalue weighted by Crippen LogP contribution is -2.30. The van der Waals surface area contributed by atoms with Crippen LogP contribution in [0.2, 0.25) is 0 Å². The first-order valence-electron chi connectivity index (χ1n) is 11.2. The Morgan fingerprint density at radius 2 is 1.88 bits per heavy atom. The highest BCUT2D eigenvalue weighted by Gasteiger charge is 2.22. The largest absolute Gasteiger partial charge is 0.494 e. The molecule has 2 aromatic rings. The van der Waals surface area contributed by atoms with Crippen LogP contribution in [0.15, 0.2) is 36.4 Å². The van der Waals surface area contributed by atoms with Gasteiger partial charge >= 0.3 is 0 Å². The first-order valence-corrected chi connectivity index (χ1v) is 12.3. The van der Waals surface area contributed by atoms with Crippen LogP contribution in [0.4, 0.5) is 5.69 Å². The number of anilines is 1. The van der Waals surface area contributed by atoms with Crippen molar-refractivity contribution in [2.45, 2.75) is 46.0 Å². The Balaban J connectivity index is 1.53. The lowest BCUT2D eigenvalue weighted by Gasteiger charge is -2.18. The number of benzene rings is 2. The third-order valence-corrected chi connectivity index (χ3v) is 6.32. The van der Waals surface area contributed by atoms with E-state index in [1.54, 1.807) is 29.2 Å². The van der Waals surface area contributed by atoms with Gasteiger partial charge in [-0.05, 0) is 64.1 Å².